The zero-order chi connectivity index (χ0) is 19.3. The molecular weight excluding hydrogens is 384 g/mol. The summed E-state index contributed by atoms with van der Waals surface area (Å²) in [7, 11) is -7.80. The van der Waals surface area contributed by atoms with E-state index in [1.54, 1.807) is 30.3 Å². The summed E-state index contributed by atoms with van der Waals surface area (Å²) in [6, 6.07) is 8.91. The van der Waals surface area contributed by atoms with E-state index in [1.165, 1.54) is 0 Å². The van der Waals surface area contributed by atoms with Gasteiger partial charge < -0.3 is 5.11 Å². The largest absolute Gasteiger partial charge is 0.481 e. The molecule has 2 fully saturated rings. The molecule has 0 aliphatic heterocycles. The van der Waals surface area contributed by atoms with Crippen molar-refractivity contribution in [3.05, 3.63) is 35.9 Å². The van der Waals surface area contributed by atoms with Gasteiger partial charge in [0.1, 0.15) is 12.2 Å². The van der Waals surface area contributed by atoms with Gasteiger partial charge in [0.25, 0.3) is 20.2 Å². The molecule has 0 unspecified atom stereocenters. The molecule has 0 amide bonds. The van der Waals surface area contributed by atoms with Crippen LogP contribution in [-0.2, 0) is 33.4 Å². The minimum absolute atomic E-state index is 0.316. The number of hydrogen-bond acceptors (Lipinski definition) is 7. The average molecular weight is 404 g/mol. The lowest BCUT2D eigenvalue weighted by Gasteiger charge is -2.37. The molecule has 6 atom stereocenters. The van der Waals surface area contributed by atoms with Crippen LogP contribution in [0.1, 0.15) is 17.9 Å². The van der Waals surface area contributed by atoms with Gasteiger partial charge in [-0.3, -0.25) is 13.2 Å². The van der Waals surface area contributed by atoms with E-state index in [4.69, 9.17) is 8.37 Å². The Hall–Kier alpha value is -1.49. The summed E-state index contributed by atoms with van der Waals surface area (Å²) in [5, 5.41) is 9.74. The first kappa shape index (κ1) is 19.3. The van der Waals surface area contributed by atoms with Crippen LogP contribution in [0, 0.1) is 17.8 Å². The highest BCUT2D eigenvalue weighted by Gasteiger charge is 2.63. The highest BCUT2D eigenvalue weighted by Crippen LogP contribution is 2.59. The Bertz CT molecular complexity index is 893. The highest BCUT2D eigenvalue weighted by atomic mass is 32.2. The molecule has 8 nitrogen and oxygen atoms in total. The third kappa shape index (κ3) is 3.78. The first-order valence-electron chi connectivity index (χ1n) is 8.02. The Kier molecular flexibility index (Phi) is 4.89. The molecule has 26 heavy (non-hydrogen) atoms. The van der Waals surface area contributed by atoms with Crippen molar-refractivity contribution in [1.29, 1.82) is 0 Å². The molecular formula is C16H20O8S2. The third-order valence-electron chi connectivity index (χ3n) is 5.06. The van der Waals surface area contributed by atoms with E-state index in [-0.39, 0.29) is 0 Å². The fourth-order valence-corrected chi connectivity index (χ4v) is 5.74. The van der Waals surface area contributed by atoms with Gasteiger partial charge in [0.05, 0.1) is 18.4 Å². The van der Waals surface area contributed by atoms with Gasteiger partial charge in [-0.2, -0.15) is 16.8 Å². The number of aliphatic carboxylic acids is 1. The Labute approximate surface area is 152 Å². The van der Waals surface area contributed by atoms with Gasteiger partial charge >= 0.3 is 5.97 Å². The maximum atomic E-state index is 11.9. The minimum Gasteiger partial charge on any atom is -0.481 e. The van der Waals surface area contributed by atoms with Crippen LogP contribution in [0.4, 0.5) is 0 Å². The summed E-state index contributed by atoms with van der Waals surface area (Å²) < 4.78 is 56.9. The van der Waals surface area contributed by atoms with Crippen LogP contribution in [0.2, 0.25) is 0 Å². The Morgan fingerprint density at radius 1 is 0.962 bits per heavy atom. The lowest BCUT2D eigenvalue weighted by atomic mass is 9.73. The number of hydrogen-bond donors (Lipinski definition) is 1. The molecule has 2 saturated carbocycles. The molecule has 0 radical (unpaired) electrons. The molecule has 144 valence electrons. The Morgan fingerprint density at radius 2 is 1.46 bits per heavy atom. The quantitative estimate of drug-likeness (QED) is 0.691. The minimum atomic E-state index is -3.92. The van der Waals surface area contributed by atoms with Gasteiger partial charge in [0.15, 0.2) is 0 Å². The van der Waals surface area contributed by atoms with Crippen LogP contribution in [0.3, 0.4) is 0 Å². The van der Waals surface area contributed by atoms with E-state index in [0.717, 1.165) is 18.1 Å². The SMILES string of the molecule is CS(=O)(=O)O[C@@H]1[C@@H]2C[C@@H]([C@@H]1OS(C)(=O)=O)[C@H](C(=O)O)[C@@H]2c1ccccc1. The van der Waals surface area contributed by atoms with Crippen molar-refractivity contribution in [3.8, 4) is 0 Å². The van der Waals surface area contributed by atoms with Crippen LogP contribution in [0.25, 0.3) is 0 Å². The van der Waals surface area contributed by atoms with E-state index in [0.29, 0.717) is 6.42 Å². The summed E-state index contributed by atoms with van der Waals surface area (Å²) in [5.74, 6) is -3.57. The Morgan fingerprint density at radius 3 is 1.92 bits per heavy atom. The molecule has 0 heterocycles. The number of carbonyl (C=O) groups is 1. The van der Waals surface area contributed by atoms with Crippen LogP contribution in [0.5, 0.6) is 0 Å². The third-order valence-corrected chi connectivity index (χ3v) is 6.21. The lowest BCUT2D eigenvalue weighted by Crippen LogP contribution is -2.47. The number of fused-ring (bicyclic) bond motifs is 2. The second kappa shape index (κ2) is 6.59. The summed E-state index contributed by atoms with van der Waals surface area (Å²) in [6.45, 7) is 0. The molecule has 1 aromatic rings. The maximum Gasteiger partial charge on any atom is 0.307 e. The second-order valence-corrected chi connectivity index (χ2v) is 10.1. The Balaban J connectivity index is 2.04. The van der Waals surface area contributed by atoms with Crippen molar-refractivity contribution in [3.63, 3.8) is 0 Å². The zero-order valence-electron chi connectivity index (χ0n) is 14.2. The van der Waals surface area contributed by atoms with Gasteiger partial charge in [-0.25, -0.2) is 0 Å². The predicted octanol–water partition coefficient (Wildman–Crippen LogP) is 0.810. The molecule has 2 aliphatic carbocycles. The van der Waals surface area contributed by atoms with Crippen molar-refractivity contribution < 1.29 is 35.1 Å². The molecule has 0 saturated heterocycles. The normalized spacial score (nSPS) is 34.1. The molecule has 1 aromatic carbocycles. The molecule has 10 heteroatoms. The average Bonchev–Trinajstić information content (AvgIpc) is 3.02. The van der Waals surface area contributed by atoms with Crippen molar-refractivity contribution >= 4 is 26.2 Å². The van der Waals surface area contributed by atoms with Crippen molar-refractivity contribution in [1.82, 2.24) is 0 Å². The molecule has 0 spiro atoms. The van der Waals surface area contributed by atoms with Gasteiger partial charge in [-0.05, 0) is 17.9 Å². The fourth-order valence-electron chi connectivity index (χ4n) is 4.43. The second-order valence-electron chi connectivity index (χ2n) is 6.89. The number of carboxylic acids is 1. The predicted molar refractivity (Wildman–Crippen MR) is 91.3 cm³/mol. The number of carboxylic acid groups (broad SMARTS) is 1. The van der Waals surface area contributed by atoms with Crippen molar-refractivity contribution in [2.45, 2.75) is 24.5 Å². The maximum absolute atomic E-state index is 11.9. The van der Waals surface area contributed by atoms with Crippen LogP contribution >= 0.6 is 0 Å². The van der Waals surface area contributed by atoms with Crippen molar-refractivity contribution in [2.24, 2.45) is 17.8 Å². The number of rotatable bonds is 6. The van der Waals surface area contributed by atoms with Crippen LogP contribution < -0.4 is 0 Å². The molecule has 1 N–H and O–H groups in total. The van der Waals surface area contributed by atoms with E-state index in [1.807, 2.05) is 0 Å². The van der Waals surface area contributed by atoms with Gasteiger partial charge in [0.2, 0.25) is 0 Å². The molecule has 2 bridgehead atoms. The van der Waals surface area contributed by atoms with E-state index >= 15 is 0 Å². The van der Waals surface area contributed by atoms with E-state index < -0.39 is 62.1 Å². The van der Waals surface area contributed by atoms with Crippen molar-refractivity contribution in [2.75, 3.05) is 12.5 Å². The van der Waals surface area contributed by atoms with E-state index in [9.17, 15) is 26.7 Å². The number of benzene rings is 1. The van der Waals surface area contributed by atoms with Gasteiger partial charge in [0, 0.05) is 11.8 Å². The van der Waals surface area contributed by atoms with Crippen LogP contribution in [-0.4, -0.2) is 52.6 Å². The summed E-state index contributed by atoms with van der Waals surface area (Å²) in [6.07, 6.45) is -0.156. The van der Waals surface area contributed by atoms with Gasteiger partial charge in [-0.15, -0.1) is 0 Å². The summed E-state index contributed by atoms with van der Waals surface area (Å²) >= 11 is 0. The van der Waals surface area contributed by atoms with Gasteiger partial charge in [-0.1, -0.05) is 30.3 Å². The fraction of sp³-hybridized carbons (Fsp3) is 0.562. The smallest absolute Gasteiger partial charge is 0.307 e. The first-order valence-corrected chi connectivity index (χ1v) is 11.7. The summed E-state index contributed by atoms with van der Waals surface area (Å²) in [4.78, 5) is 11.9. The first-order chi connectivity index (χ1) is 12.0. The lowest BCUT2D eigenvalue weighted by molar-refractivity contribution is -0.147. The van der Waals surface area contributed by atoms with Crippen LogP contribution in [0.15, 0.2) is 30.3 Å². The topological polar surface area (TPSA) is 124 Å². The molecule has 3 rings (SSSR count). The van der Waals surface area contributed by atoms with E-state index in [2.05, 4.69) is 0 Å². The summed E-state index contributed by atoms with van der Waals surface area (Å²) in [5.41, 5.74) is 0.757. The zero-order valence-corrected chi connectivity index (χ0v) is 15.8. The standard InChI is InChI=1S/C16H20O8S2/c1-25(19,20)23-14-10-8-11(15(14)24-26(2,21)22)13(16(17)18)12(10)9-6-4-3-5-7-9/h3-7,10-15H,8H2,1-2H3,(H,17,18)/t10-,11-,12-,13+,14-,15+/m1/s1. The monoisotopic (exact) mass is 404 g/mol. The molecule has 2 aliphatic rings. The molecule has 0 aromatic heterocycles. The highest BCUT2D eigenvalue weighted by molar-refractivity contribution is 7.86.